The van der Waals surface area contributed by atoms with Gasteiger partial charge in [0.15, 0.2) is 0 Å². The normalized spacial score (nSPS) is 11.2. The molecule has 3 nitrogen and oxygen atoms in total. The molecule has 0 aliphatic rings. The molecule has 0 atom stereocenters. The highest BCUT2D eigenvalue weighted by molar-refractivity contribution is 7.99. The second-order valence-electron chi connectivity index (χ2n) is 4.49. The third-order valence-corrected chi connectivity index (χ3v) is 4.22. The van der Waals surface area contributed by atoms with Crippen molar-refractivity contribution in [1.82, 2.24) is 15.0 Å². The minimum Gasteiger partial charge on any atom is -0.351 e. The van der Waals surface area contributed by atoms with E-state index in [2.05, 4.69) is 39.2 Å². The topological polar surface area (TPSA) is 41.6 Å². The number of para-hydroxylation sites is 1. The van der Waals surface area contributed by atoms with E-state index in [1.54, 1.807) is 18.1 Å². The van der Waals surface area contributed by atoms with E-state index in [0.29, 0.717) is 0 Å². The fourth-order valence-corrected chi connectivity index (χ4v) is 3.16. The van der Waals surface area contributed by atoms with Crippen molar-refractivity contribution in [2.24, 2.45) is 0 Å². The maximum absolute atomic E-state index is 4.42. The zero-order chi connectivity index (χ0) is 13.4. The van der Waals surface area contributed by atoms with Crippen LogP contribution in [0.15, 0.2) is 70.8 Å². The molecule has 2 aromatic carbocycles. The van der Waals surface area contributed by atoms with Crippen LogP contribution in [-0.4, -0.2) is 15.0 Å². The second kappa shape index (κ2) is 4.65. The molecule has 96 valence electrons. The molecule has 4 rings (SSSR count). The number of fused-ring (bicyclic) bond motifs is 3. The Balaban J connectivity index is 1.91. The molecule has 0 aliphatic carbocycles. The Kier molecular flexibility index (Phi) is 2.67. The second-order valence-corrected chi connectivity index (χ2v) is 5.55. The number of rotatable bonds is 2. The van der Waals surface area contributed by atoms with Gasteiger partial charge >= 0.3 is 0 Å². The van der Waals surface area contributed by atoms with E-state index < -0.39 is 0 Å². The van der Waals surface area contributed by atoms with Crippen molar-refractivity contribution >= 4 is 33.7 Å². The van der Waals surface area contributed by atoms with Crippen molar-refractivity contribution in [1.29, 1.82) is 0 Å². The monoisotopic (exact) mass is 277 g/mol. The van der Waals surface area contributed by atoms with Crippen LogP contribution in [0.2, 0.25) is 0 Å². The summed E-state index contributed by atoms with van der Waals surface area (Å²) < 4.78 is 0. The molecule has 0 aliphatic heterocycles. The number of hydrogen-bond donors (Lipinski definition) is 1. The highest BCUT2D eigenvalue weighted by atomic mass is 32.2. The van der Waals surface area contributed by atoms with E-state index in [4.69, 9.17) is 0 Å². The van der Waals surface area contributed by atoms with Crippen LogP contribution in [0, 0.1) is 0 Å². The van der Waals surface area contributed by atoms with E-state index >= 15 is 0 Å². The number of aromatic nitrogens is 3. The van der Waals surface area contributed by atoms with Crippen LogP contribution in [0.5, 0.6) is 0 Å². The predicted octanol–water partition coefficient (Wildman–Crippen LogP) is 4.26. The van der Waals surface area contributed by atoms with Crippen molar-refractivity contribution in [2.75, 3.05) is 0 Å². The summed E-state index contributed by atoms with van der Waals surface area (Å²) in [6.45, 7) is 0. The third-order valence-electron chi connectivity index (χ3n) is 3.21. The molecule has 2 aromatic heterocycles. The Labute approximate surface area is 120 Å². The molecule has 0 saturated carbocycles. The molecule has 2 heterocycles. The van der Waals surface area contributed by atoms with Crippen LogP contribution in [0.3, 0.4) is 0 Å². The number of nitrogens with one attached hydrogen (secondary N) is 1. The largest absolute Gasteiger partial charge is 0.351 e. The zero-order valence-corrected chi connectivity index (χ0v) is 11.4. The lowest BCUT2D eigenvalue weighted by Crippen LogP contribution is -1.85. The lowest BCUT2D eigenvalue weighted by molar-refractivity contribution is 1.09. The van der Waals surface area contributed by atoms with E-state index in [9.17, 15) is 0 Å². The molecule has 4 aromatic rings. The first-order valence-corrected chi connectivity index (χ1v) is 7.18. The van der Waals surface area contributed by atoms with Gasteiger partial charge in [0.2, 0.25) is 0 Å². The molecule has 0 amide bonds. The fourth-order valence-electron chi connectivity index (χ4n) is 2.30. The van der Waals surface area contributed by atoms with Gasteiger partial charge in [-0.1, -0.05) is 48.2 Å². The molecule has 4 heteroatoms. The smallest absolute Gasteiger partial charge is 0.128 e. The highest BCUT2D eigenvalue weighted by Gasteiger charge is 2.10. The summed E-state index contributed by atoms with van der Waals surface area (Å²) in [5.74, 6) is 0. The number of benzene rings is 2. The van der Waals surface area contributed by atoms with E-state index in [0.717, 1.165) is 27.0 Å². The van der Waals surface area contributed by atoms with Crippen molar-refractivity contribution < 1.29 is 0 Å². The predicted molar refractivity (Wildman–Crippen MR) is 82.0 cm³/mol. The Hall–Kier alpha value is -2.33. The summed E-state index contributed by atoms with van der Waals surface area (Å²) in [5, 5.41) is 2.09. The van der Waals surface area contributed by atoms with Gasteiger partial charge in [0.05, 0.1) is 5.52 Å². The standard InChI is InChI=1S/C16H11N3S/c1-2-6-11(7-3-1)20-16-15-14(17-10-18-16)12-8-4-5-9-13(12)19-15/h1-10,19H. The first-order valence-electron chi connectivity index (χ1n) is 6.36. The Bertz CT molecular complexity index is 884. The summed E-state index contributed by atoms with van der Waals surface area (Å²) >= 11 is 1.65. The molecular weight excluding hydrogens is 266 g/mol. The van der Waals surface area contributed by atoms with Crippen LogP contribution in [-0.2, 0) is 0 Å². The molecule has 0 radical (unpaired) electrons. The maximum Gasteiger partial charge on any atom is 0.128 e. The van der Waals surface area contributed by atoms with Gasteiger partial charge < -0.3 is 4.98 Å². The van der Waals surface area contributed by atoms with Gasteiger partial charge in [-0.3, -0.25) is 0 Å². The van der Waals surface area contributed by atoms with Crippen molar-refractivity contribution in [3.8, 4) is 0 Å². The average molecular weight is 277 g/mol. The van der Waals surface area contributed by atoms with Gasteiger partial charge in [-0.05, 0) is 18.2 Å². The fraction of sp³-hybridized carbons (Fsp3) is 0. The molecule has 0 unspecified atom stereocenters. The molecule has 0 saturated heterocycles. The molecule has 1 N–H and O–H groups in total. The number of aromatic amines is 1. The average Bonchev–Trinajstić information content (AvgIpc) is 2.88. The van der Waals surface area contributed by atoms with Crippen molar-refractivity contribution in [2.45, 2.75) is 9.92 Å². The van der Waals surface area contributed by atoms with Crippen LogP contribution >= 0.6 is 11.8 Å². The first-order chi connectivity index (χ1) is 9.92. The summed E-state index contributed by atoms with van der Waals surface area (Å²) in [4.78, 5) is 13.4. The van der Waals surface area contributed by atoms with Crippen molar-refractivity contribution in [3.05, 3.63) is 60.9 Å². The van der Waals surface area contributed by atoms with E-state index in [1.165, 1.54) is 4.90 Å². The molecule has 20 heavy (non-hydrogen) atoms. The summed E-state index contributed by atoms with van der Waals surface area (Å²) in [7, 11) is 0. The van der Waals surface area contributed by atoms with E-state index in [-0.39, 0.29) is 0 Å². The minimum atomic E-state index is 0.956. The molecule has 0 fully saturated rings. The van der Waals surface area contributed by atoms with Gasteiger partial charge in [0.1, 0.15) is 16.9 Å². The lowest BCUT2D eigenvalue weighted by atomic mass is 10.2. The van der Waals surface area contributed by atoms with Gasteiger partial charge in [-0.25, -0.2) is 9.97 Å². The zero-order valence-electron chi connectivity index (χ0n) is 10.6. The quantitative estimate of drug-likeness (QED) is 0.556. The highest BCUT2D eigenvalue weighted by Crippen LogP contribution is 2.33. The van der Waals surface area contributed by atoms with Gasteiger partial charge in [0.25, 0.3) is 0 Å². The number of nitrogens with zero attached hydrogens (tertiary/aromatic N) is 2. The van der Waals surface area contributed by atoms with Gasteiger partial charge in [0, 0.05) is 15.8 Å². The van der Waals surface area contributed by atoms with Gasteiger partial charge in [-0.15, -0.1) is 0 Å². The van der Waals surface area contributed by atoms with Gasteiger partial charge in [-0.2, -0.15) is 0 Å². The van der Waals surface area contributed by atoms with E-state index in [1.807, 2.05) is 30.3 Å². The Morgan fingerprint density at radius 3 is 2.55 bits per heavy atom. The molecular formula is C16H11N3S. The minimum absolute atomic E-state index is 0.956. The summed E-state index contributed by atoms with van der Waals surface area (Å²) in [6.07, 6.45) is 1.63. The number of hydrogen-bond acceptors (Lipinski definition) is 3. The van der Waals surface area contributed by atoms with Crippen molar-refractivity contribution in [3.63, 3.8) is 0 Å². The van der Waals surface area contributed by atoms with Crippen LogP contribution in [0.4, 0.5) is 0 Å². The van der Waals surface area contributed by atoms with Crippen LogP contribution in [0.25, 0.3) is 21.9 Å². The molecule has 0 bridgehead atoms. The lowest BCUT2D eigenvalue weighted by Gasteiger charge is -2.01. The number of H-pyrrole nitrogens is 1. The molecule has 0 spiro atoms. The maximum atomic E-state index is 4.42. The summed E-state index contributed by atoms with van der Waals surface area (Å²) in [5.41, 5.74) is 3.08. The van der Waals surface area contributed by atoms with Crippen LogP contribution in [0.1, 0.15) is 0 Å². The first kappa shape index (κ1) is 11.5. The summed E-state index contributed by atoms with van der Waals surface area (Å²) in [6, 6.07) is 18.5. The van der Waals surface area contributed by atoms with Crippen LogP contribution < -0.4 is 0 Å². The SMILES string of the molecule is c1ccc(Sc2ncnc3c2[nH]c2ccccc23)cc1. The third kappa shape index (κ3) is 1.85. The Morgan fingerprint density at radius 2 is 1.65 bits per heavy atom. The Morgan fingerprint density at radius 1 is 0.850 bits per heavy atom.